The molecule has 2 rings (SSSR count). The van der Waals surface area contributed by atoms with Gasteiger partial charge in [0.25, 0.3) is 0 Å². The van der Waals surface area contributed by atoms with Gasteiger partial charge in [0, 0.05) is 6.54 Å². The second-order valence-electron chi connectivity index (χ2n) is 4.40. The Morgan fingerprint density at radius 1 is 1.20 bits per heavy atom. The first kappa shape index (κ1) is 14.9. The molecule has 0 fully saturated rings. The molecular weight excluding hydrogens is 295 g/mol. The molecule has 5 heteroatoms. The summed E-state index contributed by atoms with van der Waals surface area (Å²) in [7, 11) is 0. The summed E-state index contributed by atoms with van der Waals surface area (Å²) in [6.07, 6.45) is 0.981. The van der Waals surface area contributed by atoms with E-state index >= 15 is 0 Å². The number of pyridine rings is 1. The average Bonchev–Trinajstić information content (AvgIpc) is 2.43. The number of aromatic nitrogens is 1. The SMILES string of the molecule is CCCNc1nc(Oc2ccccc2C)c(Cl)cc1Cl. The van der Waals surface area contributed by atoms with Gasteiger partial charge in [0.05, 0.1) is 5.02 Å². The van der Waals surface area contributed by atoms with E-state index in [1.54, 1.807) is 6.07 Å². The number of hydrogen-bond donors (Lipinski definition) is 1. The summed E-state index contributed by atoms with van der Waals surface area (Å²) in [5.41, 5.74) is 1.02. The normalized spacial score (nSPS) is 10.4. The van der Waals surface area contributed by atoms with Crippen molar-refractivity contribution in [3.05, 3.63) is 45.9 Å². The molecule has 1 aromatic carbocycles. The van der Waals surface area contributed by atoms with E-state index in [1.807, 2.05) is 31.2 Å². The molecule has 20 heavy (non-hydrogen) atoms. The van der Waals surface area contributed by atoms with E-state index in [-0.39, 0.29) is 0 Å². The van der Waals surface area contributed by atoms with Crippen LogP contribution in [0.5, 0.6) is 11.6 Å². The third kappa shape index (κ3) is 3.56. The largest absolute Gasteiger partial charge is 0.437 e. The molecule has 1 heterocycles. The van der Waals surface area contributed by atoms with Crippen LogP contribution in [0.3, 0.4) is 0 Å². The number of halogens is 2. The predicted octanol–water partition coefficient (Wildman–Crippen LogP) is 5.31. The summed E-state index contributed by atoms with van der Waals surface area (Å²) in [5.74, 6) is 1.66. The highest BCUT2D eigenvalue weighted by molar-refractivity contribution is 6.36. The first-order valence-corrected chi connectivity index (χ1v) is 7.20. The van der Waals surface area contributed by atoms with Crippen LogP contribution in [0.15, 0.2) is 30.3 Å². The van der Waals surface area contributed by atoms with Gasteiger partial charge in [0.1, 0.15) is 16.6 Å². The molecule has 0 saturated heterocycles. The zero-order valence-corrected chi connectivity index (χ0v) is 12.9. The van der Waals surface area contributed by atoms with Crippen molar-refractivity contribution in [1.82, 2.24) is 4.98 Å². The molecule has 0 saturated carbocycles. The van der Waals surface area contributed by atoms with E-state index < -0.39 is 0 Å². The minimum atomic E-state index is 0.351. The molecule has 1 N–H and O–H groups in total. The van der Waals surface area contributed by atoms with Crippen LogP contribution in [-0.2, 0) is 0 Å². The van der Waals surface area contributed by atoms with Crippen molar-refractivity contribution in [2.75, 3.05) is 11.9 Å². The molecular formula is C15H16Cl2N2O. The number of ether oxygens (including phenoxy) is 1. The summed E-state index contributed by atoms with van der Waals surface area (Å²) < 4.78 is 5.77. The lowest BCUT2D eigenvalue weighted by Gasteiger charge is -2.12. The standard InChI is InChI=1S/C15H16Cl2N2O/c1-3-8-18-14-11(16)9-12(17)15(19-14)20-13-7-5-4-6-10(13)2/h4-7,9H,3,8H2,1-2H3,(H,18,19). The molecule has 0 aliphatic heterocycles. The maximum Gasteiger partial charge on any atom is 0.240 e. The molecule has 106 valence electrons. The molecule has 0 amide bonds. The van der Waals surface area contributed by atoms with Gasteiger partial charge >= 0.3 is 0 Å². The van der Waals surface area contributed by atoms with Crippen LogP contribution in [0.2, 0.25) is 10.0 Å². The third-order valence-corrected chi connectivity index (χ3v) is 3.30. The zero-order valence-electron chi connectivity index (χ0n) is 11.4. The Balaban J connectivity index is 2.29. The lowest BCUT2D eigenvalue weighted by molar-refractivity contribution is 0.460. The van der Waals surface area contributed by atoms with Crippen LogP contribution in [0.25, 0.3) is 0 Å². The van der Waals surface area contributed by atoms with Gasteiger partial charge < -0.3 is 10.1 Å². The Labute approximate surface area is 128 Å². The minimum absolute atomic E-state index is 0.351. The number of benzene rings is 1. The van der Waals surface area contributed by atoms with E-state index in [0.717, 1.165) is 24.3 Å². The monoisotopic (exact) mass is 310 g/mol. The van der Waals surface area contributed by atoms with Gasteiger partial charge in [-0.15, -0.1) is 0 Å². The topological polar surface area (TPSA) is 34.2 Å². The van der Waals surface area contributed by atoms with Crippen LogP contribution in [0.4, 0.5) is 5.82 Å². The fraction of sp³-hybridized carbons (Fsp3) is 0.267. The van der Waals surface area contributed by atoms with Crippen molar-refractivity contribution >= 4 is 29.0 Å². The summed E-state index contributed by atoms with van der Waals surface area (Å²) in [4.78, 5) is 4.35. The first-order valence-electron chi connectivity index (χ1n) is 6.45. The molecule has 0 bridgehead atoms. The average molecular weight is 311 g/mol. The first-order chi connectivity index (χ1) is 9.61. The van der Waals surface area contributed by atoms with Gasteiger partial charge in [-0.2, -0.15) is 4.98 Å². The second kappa shape index (κ2) is 6.82. The lowest BCUT2D eigenvalue weighted by Crippen LogP contribution is -2.03. The van der Waals surface area contributed by atoms with Crippen molar-refractivity contribution in [3.63, 3.8) is 0 Å². The number of rotatable bonds is 5. The fourth-order valence-electron chi connectivity index (χ4n) is 1.66. The smallest absolute Gasteiger partial charge is 0.240 e. The molecule has 3 nitrogen and oxygen atoms in total. The molecule has 2 aromatic rings. The number of anilines is 1. The highest BCUT2D eigenvalue weighted by Gasteiger charge is 2.12. The maximum absolute atomic E-state index is 6.14. The van der Waals surface area contributed by atoms with Crippen molar-refractivity contribution in [3.8, 4) is 11.6 Å². The number of para-hydroxylation sites is 1. The third-order valence-electron chi connectivity index (χ3n) is 2.74. The van der Waals surface area contributed by atoms with Gasteiger partial charge in [-0.05, 0) is 31.0 Å². The van der Waals surface area contributed by atoms with E-state index in [1.165, 1.54) is 0 Å². The van der Waals surface area contributed by atoms with Crippen LogP contribution >= 0.6 is 23.2 Å². The second-order valence-corrected chi connectivity index (χ2v) is 5.21. The van der Waals surface area contributed by atoms with E-state index in [4.69, 9.17) is 27.9 Å². The molecule has 0 spiro atoms. The number of aryl methyl sites for hydroxylation is 1. The molecule has 0 atom stereocenters. The van der Waals surface area contributed by atoms with Crippen LogP contribution in [-0.4, -0.2) is 11.5 Å². The van der Waals surface area contributed by atoms with Gasteiger partial charge in [-0.1, -0.05) is 48.3 Å². The molecule has 0 aliphatic carbocycles. The number of hydrogen-bond acceptors (Lipinski definition) is 3. The maximum atomic E-state index is 6.14. The van der Waals surface area contributed by atoms with Crippen molar-refractivity contribution in [2.45, 2.75) is 20.3 Å². The van der Waals surface area contributed by atoms with Gasteiger partial charge in [0.15, 0.2) is 0 Å². The molecule has 1 aromatic heterocycles. The minimum Gasteiger partial charge on any atom is -0.437 e. The quantitative estimate of drug-likeness (QED) is 0.812. The van der Waals surface area contributed by atoms with Gasteiger partial charge in [-0.3, -0.25) is 0 Å². The summed E-state index contributed by atoms with van der Waals surface area (Å²) in [6, 6.07) is 9.34. The van der Waals surface area contributed by atoms with Crippen LogP contribution in [0, 0.1) is 6.92 Å². The molecule has 0 unspecified atom stereocenters. The Bertz CT molecular complexity index is 602. The predicted molar refractivity (Wildman–Crippen MR) is 84.3 cm³/mol. The van der Waals surface area contributed by atoms with E-state index in [0.29, 0.717) is 21.7 Å². The summed E-state index contributed by atoms with van der Waals surface area (Å²) in [5, 5.41) is 4.02. The molecule has 0 radical (unpaired) electrons. The Hall–Kier alpha value is -1.45. The number of nitrogens with zero attached hydrogens (tertiary/aromatic N) is 1. The lowest BCUT2D eigenvalue weighted by atomic mass is 10.2. The zero-order chi connectivity index (χ0) is 14.5. The highest BCUT2D eigenvalue weighted by atomic mass is 35.5. The Kier molecular flexibility index (Phi) is 5.10. The summed E-state index contributed by atoms with van der Waals surface area (Å²) >= 11 is 12.2. The highest BCUT2D eigenvalue weighted by Crippen LogP contribution is 2.34. The van der Waals surface area contributed by atoms with Gasteiger partial charge in [0.2, 0.25) is 5.88 Å². The Morgan fingerprint density at radius 3 is 2.65 bits per heavy atom. The van der Waals surface area contributed by atoms with Crippen molar-refractivity contribution in [1.29, 1.82) is 0 Å². The van der Waals surface area contributed by atoms with E-state index in [2.05, 4.69) is 17.2 Å². The van der Waals surface area contributed by atoms with E-state index in [9.17, 15) is 0 Å². The Morgan fingerprint density at radius 2 is 1.95 bits per heavy atom. The van der Waals surface area contributed by atoms with Crippen LogP contribution in [0.1, 0.15) is 18.9 Å². The summed E-state index contributed by atoms with van der Waals surface area (Å²) in [6.45, 7) is 4.83. The molecule has 0 aliphatic rings. The fourth-order valence-corrected chi connectivity index (χ4v) is 2.13. The number of nitrogens with one attached hydrogen (secondary N) is 1. The van der Waals surface area contributed by atoms with Crippen molar-refractivity contribution < 1.29 is 4.74 Å². The van der Waals surface area contributed by atoms with Gasteiger partial charge in [-0.25, -0.2) is 0 Å². The van der Waals surface area contributed by atoms with Crippen LogP contribution < -0.4 is 10.1 Å². The van der Waals surface area contributed by atoms with Crippen molar-refractivity contribution in [2.24, 2.45) is 0 Å².